The molecule has 0 spiro atoms. The van der Waals surface area contributed by atoms with Crippen LogP contribution in [0.25, 0.3) is 11.2 Å². The largest absolute Gasteiger partial charge is 0.342 e. The van der Waals surface area contributed by atoms with E-state index in [2.05, 4.69) is 31.7 Å². The van der Waals surface area contributed by atoms with Crippen molar-refractivity contribution in [1.29, 1.82) is 0 Å². The lowest BCUT2D eigenvalue weighted by molar-refractivity contribution is 0.363. The van der Waals surface area contributed by atoms with Crippen LogP contribution in [0.4, 0.5) is 0 Å². The first kappa shape index (κ1) is 11.2. The van der Waals surface area contributed by atoms with Crippen molar-refractivity contribution < 1.29 is 14.7 Å². The highest BCUT2D eigenvalue weighted by molar-refractivity contribution is 8.06. The number of hydrogen-bond donors (Lipinski definition) is 4. The van der Waals surface area contributed by atoms with Crippen LogP contribution in [0.1, 0.15) is 0 Å². The Balaban J connectivity index is 0.000000171. The van der Waals surface area contributed by atoms with Crippen LogP contribution < -0.4 is 0 Å². The van der Waals surface area contributed by atoms with Gasteiger partial charge < -0.3 is 19.7 Å². The standard InChI is InChI=1S/C5H4N4.H3O3PS/c1-4-5(8-2-6-1)9-3-7-4;1-4(2,3)5/h1-3H,(H,6,7,8,9);(H3,1,2,3,5). The molecular formula is C5H7N4O3PS. The predicted octanol–water partition coefficient (Wildman–Crippen LogP) is -0.459. The van der Waals surface area contributed by atoms with Crippen molar-refractivity contribution in [2.24, 2.45) is 0 Å². The molecule has 2 aromatic heterocycles. The molecule has 0 amide bonds. The average molecular weight is 234 g/mol. The fraction of sp³-hybridized carbons (Fsp3) is 0. The van der Waals surface area contributed by atoms with E-state index >= 15 is 0 Å². The zero-order valence-electron chi connectivity index (χ0n) is 6.77. The van der Waals surface area contributed by atoms with E-state index in [0.29, 0.717) is 5.65 Å². The third kappa shape index (κ3) is 4.35. The molecule has 0 unspecified atom stereocenters. The molecule has 0 bridgehead atoms. The molecular weight excluding hydrogens is 227 g/mol. The quantitative estimate of drug-likeness (QED) is 0.456. The number of aromatic amines is 1. The lowest BCUT2D eigenvalue weighted by Gasteiger charge is -1.88. The number of nitrogens with zero attached hydrogens (tertiary/aromatic N) is 3. The van der Waals surface area contributed by atoms with E-state index in [1.165, 1.54) is 6.33 Å². The summed E-state index contributed by atoms with van der Waals surface area (Å²) in [6, 6.07) is 0. The minimum Gasteiger partial charge on any atom is -0.342 e. The van der Waals surface area contributed by atoms with Crippen LogP contribution in [0.3, 0.4) is 0 Å². The second-order valence-electron chi connectivity index (χ2n) is 2.18. The van der Waals surface area contributed by atoms with Crippen molar-refractivity contribution in [2.45, 2.75) is 0 Å². The molecule has 2 rings (SSSR count). The normalized spacial score (nSPS) is 10.8. The summed E-state index contributed by atoms with van der Waals surface area (Å²) < 4.78 is 0. The Hall–Kier alpha value is -0.920. The van der Waals surface area contributed by atoms with Gasteiger partial charge in [0.25, 0.3) is 0 Å². The highest BCUT2D eigenvalue weighted by Gasteiger charge is 1.92. The van der Waals surface area contributed by atoms with Gasteiger partial charge >= 0.3 is 6.72 Å². The van der Waals surface area contributed by atoms with Gasteiger partial charge in [-0.1, -0.05) is 0 Å². The summed E-state index contributed by atoms with van der Waals surface area (Å²) in [4.78, 5) is 37.2. The van der Waals surface area contributed by atoms with Crippen LogP contribution in [0.15, 0.2) is 18.9 Å². The van der Waals surface area contributed by atoms with Crippen molar-refractivity contribution in [3.8, 4) is 0 Å². The summed E-state index contributed by atoms with van der Waals surface area (Å²) in [7, 11) is 0. The summed E-state index contributed by atoms with van der Waals surface area (Å²) in [6.07, 6.45) is 4.76. The zero-order chi connectivity index (χ0) is 10.6. The molecule has 7 nitrogen and oxygen atoms in total. The van der Waals surface area contributed by atoms with Gasteiger partial charge in [-0.2, -0.15) is 0 Å². The molecule has 14 heavy (non-hydrogen) atoms. The lowest BCUT2D eigenvalue weighted by Crippen LogP contribution is -1.76. The van der Waals surface area contributed by atoms with Crippen LogP contribution in [0, 0.1) is 0 Å². The number of H-pyrrole nitrogens is 1. The molecule has 0 aromatic carbocycles. The predicted molar refractivity (Wildman–Crippen MR) is 52.6 cm³/mol. The topological polar surface area (TPSA) is 115 Å². The molecule has 76 valence electrons. The molecule has 0 saturated carbocycles. The highest BCUT2D eigenvalue weighted by Crippen LogP contribution is 2.26. The summed E-state index contributed by atoms with van der Waals surface area (Å²) in [5.74, 6) is 0. The van der Waals surface area contributed by atoms with Crippen molar-refractivity contribution in [3.63, 3.8) is 0 Å². The zero-order valence-corrected chi connectivity index (χ0v) is 8.48. The Kier molecular flexibility index (Phi) is 3.62. The molecule has 0 aliphatic carbocycles. The van der Waals surface area contributed by atoms with Crippen molar-refractivity contribution in [3.05, 3.63) is 18.9 Å². The van der Waals surface area contributed by atoms with Gasteiger partial charge in [0, 0.05) is 0 Å². The van der Waals surface area contributed by atoms with Gasteiger partial charge in [-0.05, 0) is 11.8 Å². The van der Waals surface area contributed by atoms with Crippen molar-refractivity contribution in [1.82, 2.24) is 19.9 Å². The van der Waals surface area contributed by atoms with E-state index in [1.807, 2.05) is 0 Å². The second-order valence-corrected chi connectivity index (χ2v) is 4.67. The first-order valence-corrected chi connectivity index (χ1v) is 6.00. The van der Waals surface area contributed by atoms with Crippen LogP contribution in [-0.2, 0) is 11.8 Å². The van der Waals surface area contributed by atoms with Gasteiger partial charge in [0.2, 0.25) is 0 Å². The SMILES string of the molecule is OP(O)(O)=S.c1ncc2[nH]cnc2n1. The molecule has 2 aromatic rings. The molecule has 0 aliphatic rings. The average Bonchev–Trinajstić information content (AvgIpc) is 2.47. The van der Waals surface area contributed by atoms with E-state index in [1.54, 1.807) is 12.5 Å². The fourth-order valence-electron chi connectivity index (χ4n) is 0.691. The van der Waals surface area contributed by atoms with Gasteiger partial charge in [-0.25, -0.2) is 15.0 Å². The summed E-state index contributed by atoms with van der Waals surface area (Å²) in [5.41, 5.74) is 1.59. The molecule has 0 atom stereocenters. The molecule has 4 N–H and O–H groups in total. The second kappa shape index (κ2) is 4.54. The summed E-state index contributed by atoms with van der Waals surface area (Å²) in [5, 5.41) is 0. The summed E-state index contributed by atoms with van der Waals surface area (Å²) >= 11 is 3.60. The molecule has 0 aliphatic heterocycles. The Labute approximate surface area is 83.7 Å². The Morgan fingerprint density at radius 2 is 1.93 bits per heavy atom. The van der Waals surface area contributed by atoms with E-state index in [0.717, 1.165) is 5.52 Å². The van der Waals surface area contributed by atoms with Crippen LogP contribution >= 0.6 is 6.72 Å². The fourth-order valence-corrected chi connectivity index (χ4v) is 0.691. The number of fused-ring (bicyclic) bond motifs is 1. The van der Waals surface area contributed by atoms with E-state index in [-0.39, 0.29) is 0 Å². The molecule has 0 fully saturated rings. The molecule has 2 heterocycles. The van der Waals surface area contributed by atoms with Crippen LogP contribution in [0.5, 0.6) is 0 Å². The maximum Gasteiger partial charge on any atom is 0.319 e. The number of hydrogen-bond acceptors (Lipinski definition) is 4. The molecule has 0 radical (unpaired) electrons. The van der Waals surface area contributed by atoms with Crippen molar-refractivity contribution in [2.75, 3.05) is 0 Å². The smallest absolute Gasteiger partial charge is 0.319 e. The van der Waals surface area contributed by atoms with Gasteiger partial charge in [-0.15, -0.1) is 0 Å². The van der Waals surface area contributed by atoms with Crippen LogP contribution in [-0.4, -0.2) is 34.6 Å². The van der Waals surface area contributed by atoms with Gasteiger partial charge in [0.15, 0.2) is 5.65 Å². The Morgan fingerprint density at radius 3 is 2.50 bits per heavy atom. The third-order valence-electron chi connectivity index (χ3n) is 1.10. The summed E-state index contributed by atoms with van der Waals surface area (Å²) in [6.45, 7) is -3.81. The number of imidazole rings is 1. The van der Waals surface area contributed by atoms with E-state index in [4.69, 9.17) is 14.7 Å². The number of rotatable bonds is 0. The van der Waals surface area contributed by atoms with Crippen LogP contribution in [0.2, 0.25) is 0 Å². The number of aromatic nitrogens is 4. The van der Waals surface area contributed by atoms with Gasteiger partial charge in [-0.3, -0.25) is 0 Å². The van der Waals surface area contributed by atoms with E-state index < -0.39 is 6.72 Å². The van der Waals surface area contributed by atoms with Crippen molar-refractivity contribution >= 4 is 29.7 Å². The minimum atomic E-state index is -3.81. The molecule has 9 heteroatoms. The highest BCUT2D eigenvalue weighted by atomic mass is 32.5. The monoisotopic (exact) mass is 234 g/mol. The van der Waals surface area contributed by atoms with Gasteiger partial charge in [0.1, 0.15) is 11.8 Å². The minimum absolute atomic E-state index is 0.713. The Bertz CT molecular complexity index is 416. The third-order valence-corrected chi connectivity index (χ3v) is 1.10. The number of nitrogens with one attached hydrogen (secondary N) is 1. The maximum absolute atomic E-state index is 7.56. The maximum atomic E-state index is 7.56. The van der Waals surface area contributed by atoms with Gasteiger partial charge in [0.05, 0.1) is 12.5 Å². The van der Waals surface area contributed by atoms with E-state index in [9.17, 15) is 0 Å². The first-order valence-electron chi connectivity index (χ1n) is 3.34. The first-order chi connectivity index (χ1) is 6.47. The lowest BCUT2D eigenvalue weighted by atomic mass is 10.6. The molecule has 0 saturated heterocycles. The Morgan fingerprint density at radius 1 is 1.29 bits per heavy atom.